The van der Waals surface area contributed by atoms with Crippen LogP contribution in [0.4, 0.5) is 13.2 Å². The fourth-order valence-electron chi connectivity index (χ4n) is 2.61. The lowest BCUT2D eigenvalue weighted by atomic mass is 10.1. The van der Waals surface area contributed by atoms with Gasteiger partial charge >= 0.3 is 6.36 Å². The topological polar surface area (TPSA) is 66.0 Å². The molecule has 0 saturated carbocycles. The minimum absolute atomic E-state index is 0.117. The van der Waals surface area contributed by atoms with E-state index in [0.717, 1.165) is 0 Å². The van der Waals surface area contributed by atoms with Gasteiger partial charge < -0.3 is 24.3 Å². The van der Waals surface area contributed by atoms with Crippen molar-refractivity contribution in [2.45, 2.75) is 33.7 Å². The molecule has 0 bridgehead atoms. The molecule has 1 amide bonds. The summed E-state index contributed by atoms with van der Waals surface area (Å²) in [6.07, 6.45) is -4.75. The van der Waals surface area contributed by atoms with Gasteiger partial charge in [0.25, 0.3) is 5.91 Å². The van der Waals surface area contributed by atoms with Crippen molar-refractivity contribution in [3.05, 3.63) is 47.5 Å². The van der Waals surface area contributed by atoms with E-state index in [-0.39, 0.29) is 12.3 Å². The monoisotopic (exact) mass is 427 g/mol. The Morgan fingerprint density at radius 2 is 1.43 bits per heavy atom. The number of benzene rings is 2. The smallest absolute Gasteiger partial charge is 0.490 e. The van der Waals surface area contributed by atoms with Crippen LogP contribution >= 0.6 is 0 Å². The van der Waals surface area contributed by atoms with Crippen molar-refractivity contribution in [1.29, 1.82) is 0 Å². The molecule has 0 aliphatic carbocycles. The molecule has 1 N–H and O–H groups in total. The summed E-state index contributed by atoms with van der Waals surface area (Å²) in [5, 5.41) is 2.72. The molecule has 2 aromatic rings. The molecular formula is C21H24F3NO5. The van der Waals surface area contributed by atoms with Crippen molar-refractivity contribution < 1.29 is 36.9 Å². The summed E-state index contributed by atoms with van der Waals surface area (Å²) < 4.78 is 57.3. The second kappa shape index (κ2) is 10.6. The van der Waals surface area contributed by atoms with Crippen LogP contribution < -0.4 is 24.3 Å². The fraction of sp³-hybridized carbons (Fsp3) is 0.381. The van der Waals surface area contributed by atoms with E-state index in [1.165, 1.54) is 24.3 Å². The first-order chi connectivity index (χ1) is 14.3. The van der Waals surface area contributed by atoms with Crippen LogP contribution in [0.3, 0.4) is 0 Å². The highest BCUT2D eigenvalue weighted by Gasteiger charge is 2.30. The van der Waals surface area contributed by atoms with Gasteiger partial charge in [0.1, 0.15) is 5.75 Å². The second-order valence-corrected chi connectivity index (χ2v) is 5.98. The van der Waals surface area contributed by atoms with Gasteiger partial charge in [-0.15, -0.1) is 13.2 Å². The maximum absolute atomic E-state index is 12.6. The summed E-state index contributed by atoms with van der Waals surface area (Å²) in [6.45, 7) is 6.74. The third kappa shape index (κ3) is 6.75. The van der Waals surface area contributed by atoms with Crippen molar-refractivity contribution in [1.82, 2.24) is 5.32 Å². The highest BCUT2D eigenvalue weighted by molar-refractivity contribution is 5.95. The Balaban J connectivity index is 2.14. The maximum Gasteiger partial charge on any atom is 0.573 e. The van der Waals surface area contributed by atoms with E-state index in [1.54, 1.807) is 12.1 Å². The van der Waals surface area contributed by atoms with Gasteiger partial charge in [0.2, 0.25) is 5.75 Å². The first kappa shape index (κ1) is 23.2. The van der Waals surface area contributed by atoms with Crippen molar-refractivity contribution in [2.24, 2.45) is 0 Å². The van der Waals surface area contributed by atoms with Crippen LogP contribution in [0, 0.1) is 0 Å². The van der Waals surface area contributed by atoms with Crippen LogP contribution in [0.1, 0.15) is 36.7 Å². The van der Waals surface area contributed by atoms with E-state index < -0.39 is 12.3 Å². The van der Waals surface area contributed by atoms with E-state index in [0.29, 0.717) is 48.2 Å². The summed E-state index contributed by atoms with van der Waals surface area (Å²) in [5.41, 5.74) is 0.918. The number of ether oxygens (including phenoxy) is 4. The molecular weight excluding hydrogens is 403 g/mol. The van der Waals surface area contributed by atoms with E-state index >= 15 is 0 Å². The van der Waals surface area contributed by atoms with Crippen LogP contribution in [0.5, 0.6) is 23.0 Å². The standard InChI is InChI=1S/C21H24F3NO5/c1-4-27-17-11-15(12-18(28-5-2)19(17)29-6-3)20(26)25-13-14-7-9-16(10-8-14)30-21(22,23)24/h7-12H,4-6,13H2,1-3H3,(H,25,26). The molecule has 0 radical (unpaired) electrons. The number of hydrogen-bond acceptors (Lipinski definition) is 5. The predicted octanol–water partition coefficient (Wildman–Crippen LogP) is 4.71. The summed E-state index contributed by atoms with van der Waals surface area (Å²) in [5.74, 6) is 0.494. The molecule has 0 aliphatic rings. The van der Waals surface area contributed by atoms with Gasteiger partial charge in [-0.2, -0.15) is 0 Å². The summed E-state index contributed by atoms with van der Waals surface area (Å²) in [6, 6.07) is 8.38. The Labute approximate surface area is 172 Å². The Hall–Kier alpha value is -3.10. The molecule has 30 heavy (non-hydrogen) atoms. The lowest BCUT2D eigenvalue weighted by Crippen LogP contribution is -2.23. The lowest BCUT2D eigenvalue weighted by Gasteiger charge is -2.17. The number of carbonyl (C=O) groups excluding carboxylic acids is 1. The second-order valence-electron chi connectivity index (χ2n) is 5.98. The molecule has 0 heterocycles. The molecule has 2 rings (SSSR count). The van der Waals surface area contributed by atoms with Crippen LogP contribution in [0.2, 0.25) is 0 Å². The first-order valence-electron chi connectivity index (χ1n) is 9.46. The zero-order valence-electron chi connectivity index (χ0n) is 17.0. The number of alkyl halides is 3. The lowest BCUT2D eigenvalue weighted by molar-refractivity contribution is -0.274. The number of carbonyl (C=O) groups is 1. The molecule has 0 spiro atoms. The number of amides is 1. The minimum Gasteiger partial charge on any atom is -0.490 e. The average Bonchev–Trinajstić information content (AvgIpc) is 2.68. The van der Waals surface area contributed by atoms with E-state index in [1.807, 2.05) is 20.8 Å². The number of rotatable bonds is 10. The quantitative estimate of drug-likeness (QED) is 0.595. The van der Waals surface area contributed by atoms with Gasteiger partial charge in [0, 0.05) is 12.1 Å². The minimum atomic E-state index is -4.75. The van der Waals surface area contributed by atoms with Crippen LogP contribution in [0.25, 0.3) is 0 Å². The Morgan fingerprint density at radius 1 is 0.900 bits per heavy atom. The average molecular weight is 427 g/mol. The molecule has 0 aliphatic heterocycles. The molecule has 9 heteroatoms. The normalized spacial score (nSPS) is 11.0. The highest BCUT2D eigenvalue weighted by Crippen LogP contribution is 2.39. The van der Waals surface area contributed by atoms with Crippen LogP contribution in [-0.4, -0.2) is 32.1 Å². The fourth-order valence-corrected chi connectivity index (χ4v) is 2.61. The van der Waals surface area contributed by atoms with Crippen molar-refractivity contribution in [2.75, 3.05) is 19.8 Å². The van der Waals surface area contributed by atoms with Gasteiger partial charge in [-0.1, -0.05) is 12.1 Å². The Bertz CT molecular complexity index is 811. The van der Waals surface area contributed by atoms with E-state index in [9.17, 15) is 18.0 Å². The molecule has 164 valence electrons. The predicted molar refractivity (Wildman–Crippen MR) is 104 cm³/mol. The Kier molecular flexibility index (Phi) is 8.20. The van der Waals surface area contributed by atoms with Gasteiger partial charge in [-0.25, -0.2) is 0 Å². The summed E-state index contributed by atoms with van der Waals surface area (Å²) in [4.78, 5) is 12.6. The molecule has 0 unspecified atom stereocenters. The van der Waals surface area contributed by atoms with Crippen LogP contribution in [-0.2, 0) is 6.54 Å². The largest absolute Gasteiger partial charge is 0.573 e. The van der Waals surface area contributed by atoms with Crippen molar-refractivity contribution >= 4 is 5.91 Å². The zero-order chi connectivity index (χ0) is 22.1. The molecule has 0 fully saturated rings. The van der Waals surface area contributed by atoms with Gasteiger partial charge in [0.05, 0.1) is 19.8 Å². The first-order valence-corrected chi connectivity index (χ1v) is 9.46. The molecule has 6 nitrogen and oxygen atoms in total. The van der Waals surface area contributed by atoms with Gasteiger partial charge in [0.15, 0.2) is 11.5 Å². The summed E-state index contributed by atoms with van der Waals surface area (Å²) in [7, 11) is 0. The molecule has 2 aromatic carbocycles. The van der Waals surface area contributed by atoms with Gasteiger partial charge in [-0.3, -0.25) is 4.79 Å². The Morgan fingerprint density at radius 3 is 1.90 bits per heavy atom. The highest BCUT2D eigenvalue weighted by atomic mass is 19.4. The number of nitrogens with one attached hydrogen (secondary N) is 1. The zero-order valence-corrected chi connectivity index (χ0v) is 17.0. The van der Waals surface area contributed by atoms with Crippen molar-refractivity contribution in [3.8, 4) is 23.0 Å². The molecule has 0 saturated heterocycles. The van der Waals surface area contributed by atoms with Gasteiger partial charge in [-0.05, 0) is 50.6 Å². The number of hydrogen-bond donors (Lipinski definition) is 1. The van der Waals surface area contributed by atoms with Crippen molar-refractivity contribution in [3.63, 3.8) is 0 Å². The van der Waals surface area contributed by atoms with Crippen LogP contribution in [0.15, 0.2) is 36.4 Å². The molecule has 0 aromatic heterocycles. The van der Waals surface area contributed by atoms with E-state index in [4.69, 9.17) is 14.2 Å². The maximum atomic E-state index is 12.6. The molecule has 0 atom stereocenters. The third-order valence-corrected chi connectivity index (χ3v) is 3.78. The third-order valence-electron chi connectivity index (χ3n) is 3.78. The SMILES string of the molecule is CCOc1cc(C(=O)NCc2ccc(OC(F)(F)F)cc2)cc(OCC)c1OCC. The summed E-state index contributed by atoms with van der Waals surface area (Å²) >= 11 is 0. The van der Waals surface area contributed by atoms with E-state index in [2.05, 4.69) is 10.1 Å². The number of halogens is 3.